The largest absolute Gasteiger partial charge is 0.324 e. The number of anilines is 2. The lowest BCUT2D eigenvalue weighted by Crippen LogP contribution is -2.45. The lowest BCUT2D eigenvalue weighted by molar-refractivity contribution is -0.116. The van der Waals surface area contributed by atoms with Gasteiger partial charge in [-0.15, -0.1) is 0 Å². The van der Waals surface area contributed by atoms with Crippen molar-refractivity contribution in [2.75, 3.05) is 15.9 Å². The van der Waals surface area contributed by atoms with Crippen LogP contribution in [0.1, 0.15) is 12.5 Å². The molecular formula is C17H18Cl2N2O3S. The molecule has 0 aliphatic carbocycles. The Balaban J connectivity index is 2.36. The van der Waals surface area contributed by atoms with Crippen molar-refractivity contribution in [3.8, 4) is 0 Å². The number of carbonyl (C=O) groups is 1. The molecule has 0 spiro atoms. The fourth-order valence-corrected chi connectivity index (χ4v) is 3.90. The summed E-state index contributed by atoms with van der Waals surface area (Å²) < 4.78 is 25.7. The van der Waals surface area contributed by atoms with E-state index in [0.29, 0.717) is 27.0 Å². The summed E-state index contributed by atoms with van der Waals surface area (Å²) in [4.78, 5) is 12.6. The van der Waals surface area contributed by atoms with Crippen LogP contribution < -0.4 is 9.62 Å². The molecule has 1 amide bonds. The Labute approximate surface area is 157 Å². The van der Waals surface area contributed by atoms with Crippen LogP contribution in [-0.2, 0) is 14.8 Å². The molecule has 0 aliphatic heterocycles. The van der Waals surface area contributed by atoms with Crippen molar-refractivity contribution in [2.24, 2.45) is 0 Å². The predicted octanol–water partition coefficient (Wildman–Crippen LogP) is 4.10. The van der Waals surface area contributed by atoms with Crippen LogP contribution >= 0.6 is 23.2 Å². The fourth-order valence-electron chi connectivity index (χ4n) is 2.38. The normalized spacial score (nSPS) is 12.5. The number of sulfonamides is 1. The van der Waals surface area contributed by atoms with Crippen LogP contribution in [-0.4, -0.2) is 26.6 Å². The Kier molecular flexibility index (Phi) is 5.98. The number of nitrogens with zero attached hydrogens (tertiary/aromatic N) is 1. The summed E-state index contributed by atoms with van der Waals surface area (Å²) in [5.41, 5.74) is 1.59. The average Bonchev–Trinajstić information content (AvgIpc) is 2.51. The monoisotopic (exact) mass is 400 g/mol. The molecule has 0 fully saturated rings. The molecule has 1 N–H and O–H groups in total. The van der Waals surface area contributed by atoms with Crippen molar-refractivity contribution >= 4 is 50.5 Å². The highest BCUT2D eigenvalue weighted by Crippen LogP contribution is 2.28. The lowest BCUT2D eigenvalue weighted by atomic mass is 10.1. The Morgan fingerprint density at radius 2 is 1.64 bits per heavy atom. The first-order chi connectivity index (χ1) is 11.6. The number of amides is 1. The molecular weight excluding hydrogens is 383 g/mol. The van der Waals surface area contributed by atoms with Crippen LogP contribution in [0.25, 0.3) is 0 Å². The molecule has 2 aromatic carbocycles. The average molecular weight is 401 g/mol. The summed E-state index contributed by atoms with van der Waals surface area (Å²) >= 11 is 11.8. The van der Waals surface area contributed by atoms with Gasteiger partial charge in [-0.3, -0.25) is 9.10 Å². The van der Waals surface area contributed by atoms with Gasteiger partial charge in [-0.25, -0.2) is 8.42 Å². The van der Waals surface area contributed by atoms with Gasteiger partial charge in [0.15, 0.2) is 0 Å². The van der Waals surface area contributed by atoms with E-state index in [9.17, 15) is 13.2 Å². The zero-order chi connectivity index (χ0) is 18.8. The van der Waals surface area contributed by atoms with Gasteiger partial charge < -0.3 is 5.32 Å². The molecule has 0 bridgehead atoms. The van der Waals surface area contributed by atoms with Gasteiger partial charge in [-0.1, -0.05) is 29.3 Å². The van der Waals surface area contributed by atoms with Crippen molar-refractivity contribution < 1.29 is 13.2 Å². The van der Waals surface area contributed by atoms with E-state index in [2.05, 4.69) is 5.32 Å². The molecule has 0 saturated heterocycles. The summed E-state index contributed by atoms with van der Waals surface area (Å²) in [6.45, 7) is 3.28. The molecule has 8 heteroatoms. The number of nitrogens with one attached hydrogen (secondary N) is 1. The summed E-state index contributed by atoms with van der Waals surface area (Å²) in [7, 11) is -3.71. The Hall–Kier alpha value is -1.76. The minimum absolute atomic E-state index is 0.369. The second-order valence-corrected chi connectivity index (χ2v) is 8.39. The number of benzene rings is 2. The van der Waals surface area contributed by atoms with Crippen LogP contribution in [0.15, 0.2) is 42.5 Å². The SMILES string of the molecule is Cc1ccc(Cl)cc1N([C@H](C)C(=O)Nc1ccc(Cl)cc1)S(C)(=O)=O. The first-order valence-electron chi connectivity index (χ1n) is 7.41. The molecule has 2 aromatic rings. The maximum absolute atomic E-state index is 12.6. The number of halogens is 2. The van der Waals surface area contributed by atoms with E-state index in [1.807, 2.05) is 0 Å². The molecule has 0 heterocycles. The first-order valence-corrected chi connectivity index (χ1v) is 10.0. The van der Waals surface area contributed by atoms with Crippen molar-refractivity contribution in [3.05, 3.63) is 58.1 Å². The number of hydrogen-bond acceptors (Lipinski definition) is 3. The molecule has 0 saturated carbocycles. The van der Waals surface area contributed by atoms with Gasteiger partial charge >= 0.3 is 0 Å². The predicted molar refractivity (Wildman–Crippen MR) is 103 cm³/mol. The smallest absolute Gasteiger partial charge is 0.247 e. The van der Waals surface area contributed by atoms with Crippen molar-refractivity contribution in [2.45, 2.75) is 19.9 Å². The van der Waals surface area contributed by atoms with E-state index in [1.165, 1.54) is 13.0 Å². The minimum Gasteiger partial charge on any atom is -0.324 e. The Bertz CT molecular complexity index is 883. The molecule has 134 valence electrons. The molecule has 0 radical (unpaired) electrons. The van der Waals surface area contributed by atoms with E-state index in [1.54, 1.807) is 43.3 Å². The molecule has 0 unspecified atom stereocenters. The van der Waals surface area contributed by atoms with Gasteiger partial charge in [0.25, 0.3) is 0 Å². The zero-order valence-corrected chi connectivity index (χ0v) is 16.3. The van der Waals surface area contributed by atoms with Crippen LogP contribution in [0.2, 0.25) is 10.0 Å². The summed E-state index contributed by atoms with van der Waals surface area (Å²) in [6.07, 6.45) is 1.05. The van der Waals surface area contributed by atoms with E-state index < -0.39 is 22.0 Å². The van der Waals surface area contributed by atoms with Gasteiger partial charge in [0.05, 0.1) is 11.9 Å². The number of rotatable bonds is 5. The maximum Gasteiger partial charge on any atom is 0.247 e. The molecule has 25 heavy (non-hydrogen) atoms. The summed E-state index contributed by atoms with van der Waals surface area (Å²) in [5, 5.41) is 3.62. The maximum atomic E-state index is 12.6. The van der Waals surface area contributed by atoms with Crippen molar-refractivity contribution in [1.82, 2.24) is 0 Å². The van der Waals surface area contributed by atoms with E-state index in [-0.39, 0.29) is 0 Å². The summed E-state index contributed by atoms with van der Waals surface area (Å²) in [5.74, 6) is -0.466. The lowest BCUT2D eigenvalue weighted by Gasteiger charge is -2.29. The van der Waals surface area contributed by atoms with Gasteiger partial charge in [0.2, 0.25) is 15.9 Å². The Morgan fingerprint density at radius 3 is 2.20 bits per heavy atom. The minimum atomic E-state index is -3.71. The van der Waals surface area contributed by atoms with Crippen molar-refractivity contribution in [1.29, 1.82) is 0 Å². The fraction of sp³-hybridized carbons (Fsp3) is 0.235. The third-order valence-electron chi connectivity index (χ3n) is 3.61. The van der Waals surface area contributed by atoms with Gasteiger partial charge in [-0.2, -0.15) is 0 Å². The first kappa shape index (κ1) is 19.6. The number of carbonyl (C=O) groups excluding carboxylic acids is 1. The second-order valence-electron chi connectivity index (χ2n) is 5.66. The van der Waals surface area contributed by atoms with Crippen LogP contribution in [0.4, 0.5) is 11.4 Å². The topological polar surface area (TPSA) is 66.5 Å². The standard InChI is InChI=1S/C17H18Cl2N2O3S/c1-11-4-5-14(19)10-16(11)21(25(3,23)24)12(2)17(22)20-15-8-6-13(18)7-9-15/h4-10,12H,1-3H3,(H,20,22)/t12-/m1/s1. The highest BCUT2D eigenvalue weighted by Gasteiger charge is 2.30. The molecule has 0 aliphatic rings. The third kappa shape index (κ3) is 4.87. The summed E-state index contributed by atoms with van der Waals surface area (Å²) in [6, 6.07) is 10.5. The van der Waals surface area contributed by atoms with Crippen molar-refractivity contribution in [3.63, 3.8) is 0 Å². The van der Waals surface area contributed by atoms with Crippen LogP contribution in [0.5, 0.6) is 0 Å². The second kappa shape index (κ2) is 7.64. The van der Waals surface area contributed by atoms with Gasteiger partial charge in [0, 0.05) is 15.7 Å². The molecule has 0 aromatic heterocycles. The number of hydrogen-bond donors (Lipinski definition) is 1. The number of aryl methyl sites for hydroxylation is 1. The molecule has 5 nitrogen and oxygen atoms in total. The van der Waals surface area contributed by atoms with Gasteiger partial charge in [-0.05, 0) is 55.8 Å². The van der Waals surface area contributed by atoms with Gasteiger partial charge in [0.1, 0.15) is 6.04 Å². The highest BCUT2D eigenvalue weighted by atomic mass is 35.5. The zero-order valence-electron chi connectivity index (χ0n) is 14.0. The molecule has 2 rings (SSSR count). The van der Waals surface area contributed by atoms with E-state index >= 15 is 0 Å². The van der Waals surface area contributed by atoms with E-state index in [0.717, 1.165) is 10.6 Å². The van der Waals surface area contributed by atoms with Crippen LogP contribution in [0.3, 0.4) is 0 Å². The quantitative estimate of drug-likeness (QED) is 0.821. The van der Waals surface area contributed by atoms with Crippen LogP contribution in [0, 0.1) is 6.92 Å². The molecule has 1 atom stereocenters. The highest BCUT2D eigenvalue weighted by molar-refractivity contribution is 7.92. The third-order valence-corrected chi connectivity index (χ3v) is 5.32. The Morgan fingerprint density at radius 1 is 1.08 bits per heavy atom. The van der Waals surface area contributed by atoms with E-state index in [4.69, 9.17) is 23.2 Å².